The van der Waals surface area contributed by atoms with Crippen LogP contribution in [0.15, 0.2) is 30.5 Å². The van der Waals surface area contributed by atoms with Gasteiger partial charge in [-0.2, -0.15) is 5.10 Å². The zero-order chi connectivity index (χ0) is 39.0. The summed E-state index contributed by atoms with van der Waals surface area (Å²) in [5.74, 6) is 3.75. The molecule has 5 atom stereocenters. The molecule has 3 heterocycles. The minimum atomic E-state index is -2.25. The smallest absolute Gasteiger partial charge is 0.410 e. The second-order valence-electron chi connectivity index (χ2n) is 17.7. The maximum atomic E-state index is 17.5. The lowest BCUT2D eigenvalue weighted by atomic mass is 9.95. The molecule has 288 valence electrons. The first-order valence-corrected chi connectivity index (χ1v) is 21.7. The highest BCUT2D eigenvalue weighted by Crippen LogP contribution is 2.60. The number of likely N-dealkylation sites (tertiary alicyclic amines) is 1. The summed E-state index contributed by atoms with van der Waals surface area (Å²) >= 11 is 0. The van der Waals surface area contributed by atoms with Crippen LogP contribution in [0.4, 0.5) is 13.6 Å². The fourth-order valence-electron chi connectivity index (χ4n) is 9.37. The Labute approximate surface area is 318 Å². The van der Waals surface area contributed by atoms with E-state index < -0.39 is 25.3 Å². The summed E-state index contributed by atoms with van der Waals surface area (Å²) in [6.45, 7) is 22.3. The Balaban J connectivity index is 1.37. The van der Waals surface area contributed by atoms with Gasteiger partial charge in [-0.3, -0.25) is 9.67 Å². The van der Waals surface area contributed by atoms with E-state index in [0.29, 0.717) is 68.6 Å². The van der Waals surface area contributed by atoms with Gasteiger partial charge in [-0.05, 0) is 85.2 Å². The Bertz CT molecular complexity index is 2150. The molecule has 0 spiro atoms. The van der Waals surface area contributed by atoms with Crippen LogP contribution in [0.3, 0.4) is 0 Å². The van der Waals surface area contributed by atoms with Gasteiger partial charge in [0.15, 0.2) is 12.6 Å². The zero-order valence-electron chi connectivity index (χ0n) is 33.5. The molecule has 2 saturated carbocycles. The molecule has 1 amide bonds. The third kappa shape index (κ3) is 6.57. The summed E-state index contributed by atoms with van der Waals surface area (Å²) in [7, 11) is -0.708. The minimum absolute atomic E-state index is 0.0101. The van der Waals surface area contributed by atoms with E-state index in [0.717, 1.165) is 12.1 Å². The van der Waals surface area contributed by atoms with Gasteiger partial charge in [0.1, 0.15) is 36.5 Å². The first kappa shape index (κ1) is 38.3. The summed E-state index contributed by atoms with van der Waals surface area (Å²) in [6, 6.07) is 6.72. The number of nitrogens with zero attached hydrogens (tertiary/aromatic N) is 4. The van der Waals surface area contributed by atoms with Crippen LogP contribution >= 0.6 is 0 Å². The number of pyridine rings is 1. The molecule has 1 saturated heterocycles. The fraction of sp³-hybridized carbons (Fsp3) is 0.558. The Morgan fingerprint density at radius 2 is 1.69 bits per heavy atom. The lowest BCUT2D eigenvalue weighted by Gasteiger charge is -2.38. The van der Waals surface area contributed by atoms with Crippen LogP contribution in [0, 0.1) is 40.9 Å². The molecular formula is C43H54F2N4O4Si. The largest absolute Gasteiger partial charge is 0.468 e. The van der Waals surface area contributed by atoms with Gasteiger partial charge in [0.25, 0.3) is 0 Å². The predicted molar refractivity (Wildman–Crippen MR) is 211 cm³/mol. The van der Waals surface area contributed by atoms with E-state index in [1.807, 2.05) is 31.5 Å². The van der Waals surface area contributed by atoms with Crippen molar-refractivity contribution in [2.24, 2.45) is 17.8 Å². The number of methoxy groups -OCH3 is 1. The van der Waals surface area contributed by atoms with Gasteiger partial charge >= 0.3 is 6.09 Å². The van der Waals surface area contributed by atoms with Crippen molar-refractivity contribution in [3.8, 4) is 28.5 Å². The number of piperidine rings is 1. The number of hydrogen-bond donors (Lipinski definition) is 0. The predicted octanol–water partition coefficient (Wildman–Crippen LogP) is 10.2. The third-order valence-electron chi connectivity index (χ3n) is 12.2. The van der Waals surface area contributed by atoms with Crippen LogP contribution in [0.25, 0.3) is 32.9 Å². The molecule has 2 aromatic heterocycles. The lowest BCUT2D eigenvalue weighted by Crippen LogP contribution is -2.43. The molecule has 1 unspecified atom stereocenters. The number of carbonyl (C=O) groups excluding carboxylic acids is 1. The SMILES string of the molecule is COCOc1cc(-c2ncc3c(C4[C@H]5CN(C(=O)OC(C)(C)C)C[C@@H]45)nn([C@H]4C[C@@H]4C)c3c2F)c2c(C#C[Si](C(C)C)(C(C)C)C(C)C)c(F)ccc2c1. The van der Waals surface area contributed by atoms with Crippen molar-refractivity contribution in [1.82, 2.24) is 19.7 Å². The van der Waals surface area contributed by atoms with Gasteiger partial charge in [-0.1, -0.05) is 60.5 Å². The maximum Gasteiger partial charge on any atom is 0.410 e. The van der Waals surface area contributed by atoms with Crippen LogP contribution < -0.4 is 4.74 Å². The maximum absolute atomic E-state index is 17.5. The number of halogens is 2. The summed E-state index contributed by atoms with van der Waals surface area (Å²) < 4.78 is 52.2. The number of aromatic nitrogens is 3. The van der Waals surface area contributed by atoms with E-state index >= 15 is 8.78 Å². The van der Waals surface area contributed by atoms with E-state index in [4.69, 9.17) is 24.3 Å². The Kier molecular flexibility index (Phi) is 9.87. The molecule has 2 aliphatic carbocycles. The molecule has 11 heteroatoms. The summed E-state index contributed by atoms with van der Waals surface area (Å²) in [4.78, 5) is 19.4. The highest BCUT2D eigenvalue weighted by molar-refractivity contribution is 6.90. The number of ether oxygens (including phenoxy) is 3. The van der Waals surface area contributed by atoms with Crippen molar-refractivity contribution in [2.45, 2.75) is 110 Å². The van der Waals surface area contributed by atoms with Crippen molar-refractivity contribution < 1.29 is 27.8 Å². The van der Waals surface area contributed by atoms with E-state index in [2.05, 4.69) is 59.9 Å². The van der Waals surface area contributed by atoms with Crippen LogP contribution in [-0.4, -0.2) is 66.4 Å². The van der Waals surface area contributed by atoms with Crippen LogP contribution in [-0.2, 0) is 9.47 Å². The molecule has 2 aromatic carbocycles. The Hall–Kier alpha value is -4.01. The van der Waals surface area contributed by atoms with Gasteiger partial charge < -0.3 is 19.1 Å². The molecule has 0 bridgehead atoms. The second-order valence-corrected chi connectivity index (χ2v) is 23.3. The number of benzene rings is 2. The first-order chi connectivity index (χ1) is 25.5. The fourth-order valence-corrected chi connectivity index (χ4v) is 14.6. The number of hydrogen-bond acceptors (Lipinski definition) is 6. The Morgan fingerprint density at radius 1 is 1.04 bits per heavy atom. The number of fused-ring (bicyclic) bond motifs is 3. The first-order valence-electron chi connectivity index (χ1n) is 19.4. The molecule has 4 aromatic rings. The quantitative estimate of drug-likeness (QED) is 0.0961. The standard InChI is InChI=1S/C43H54F2N4O4Si/c1-23(2)54(24(3)4,25(5)6)15-14-29-34(44)13-12-27-17-28(52-22-51-11)18-30(36(27)29)40-38(45)41-31(19-46-40)39(47-49(41)35-16-26(35)7)37-32-20-48(21-33(32)37)42(50)53-43(8,9)10/h12-13,17-19,23-26,32-33,35,37H,16,20-22H2,1-11H3/t26-,32-,33+,35-,37?/m0/s1. The zero-order valence-corrected chi connectivity index (χ0v) is 34.5. The van der Waals surface area contributed by atoms with Gasteiger partial charge in [0.2, 0.25) is 0 Å². The van der Waals surface area contributed by atoms with E-state index in [1.54, 1.807) is 23.2 Å². The van der Waals surface area contributed by atoms with Crippen molar-refractivity contribution in [1.29, 1.82) is 0 Å². The lowest BCUT2D eigenvalue weighted by molar-refractivity contribution is 0.0270. The van der Waals surface area contributed by atoms with Crippen LogP contribution in [0.5, 0.6) is 5.75 Å². The van der Waals surface area contributed by atoms with E-state index in [9.17, 15) is 4.79 Å². The third-order valence-corrected chi connectivity index (χ3v) is 18.5. The minimum Gasteiger partial charge on any atom is -0.468 e. The van der Waals surface area contributed by atoms with Crippen LogP contribution in [0.1, 0.15) is 98.9 Å². The van der Waals surface area contributed by atoms with Gasteiger partial charge in [0.05, 0.1) is 17.3 Å². The number of rotatable bonds is 9. The van der Waals surface area contributed by atoms with Gasteiger partial charge in [0, 0.05) is 48.6 Å². The van der Waals surface area contributed by atoms with Crippen molar-refractivity contribution in [3.05, 3.63) is 53.4 Å². The van der Waals surface area contributed by atoms with E-state index in [1.165, 1.54) is 13.2 Å². The highest BCUT2D eigenvalue weighted by atomic mass is 28.3. The topological polar surface area (TPSA) is 78.7 Å². The molecule has 54 heavy (non-hydrogen) atoms. The molecule has 3 fully saturated rings. The summed E-state index contributed by atoms with van der Waals surface area (Å²) in [6.07, 6.45) is 2.33. The van der Waals surface area contributed by atoms with Crippen LogP contribution in [0.2, 0.25) is 16.6 Å². The molecule has 1 aliphatic heterocycles. The average Bonchev–Trinajstić information content (AvgIpc) is 3.86. The Morgan fingerprint density at radius 3 is 2.26 bits per heavy atom. The summed E-state index contributed by atoms with van der Waals surface area (Å²) in [5.41, 5.74) is 6.15. The second kappa shape index (κ2) is 13.9. The van der Waals surface area contributed by atoms with Gasteiger partial charge in [-0.25, -0.2) is 13.6 Å². The summed E-state index contributed by atoms with van der Waals surface area (Å²) in [5, 5.41) is 6.97. The molecule has 7 rings (SSSR count). The van der Waals surface area contributed by atoms with E-state index in [-0.39, 0.29) is 47.9 Å². The highest BCUT2D eigenvalue weighted by Gasteiger charge is 2.59. The normalized spacial score (nSPS) is 22.3. The van der Waals surface area contributed by atoms with Gasteiger partial charge in [-0.15, -0.1) is 5.54 Å². The number of carbonyl (C=O) groups is 1. The molecule has 8 nitrogen and oxygen atoms in total. The van der Waals surface area contributed by atoms with Crippen molar-refractivity contribution >= 4 is 35.8 Å². The number of amides is 1. The molecule has 0 N–H and O–H groups in total. The molecule has 3 aliphatic rings. The average molecular weight is 757 g/mol. The van der Waals surface area contributed by atoms with Crippen molar-refractivity contribution in [3.63, 3.8) is 0 Å². The molecular weight excluding hydrogens is 703 g/mol. The molecule has 0 radical (unpaired) electrons. The van der Waals surface area contributed by atoms with Crippen molar-refractivity contribution in [2.75, 3.05) is 27.0 Å². The monoisotopic (exact) mass is 756 g/mol.